The zero-order valence-corrected chi connectivity index (χ0v) is 18.2. The lowest BCUT2D eigenvalue weighted by Gasteiger charge is -2.35. The van der Waals surface area contributed by atoms with E-state index in [-0.39, 0.29) is 33.9 Å². The molecule has 9 heteroatoms. The number of anilines is 1. The van der Waals surface area contributed by atoms with Crippen molar-refractivity contribution in [2.45, 2.75) is 37.3 Å². The molecule has 2 unspecified atom stereocenters. The summed E-state index contributed by atoms with van der Waals surface area (Å²) < 4.78 is 41.0. The SMILES string of the molecule is CCC1CN(S(=O)(=O)c2cc(CNc3ccc(F)c(Cl)c3)ccc2Cl)CCC1O. The highest BCUT2D eigenvalue weighted by molar-refractivity contribution is 7.89. The van der Waals surface area contributed by atoms with Crippen LogP contribution in [0, 0.1) is 11.7 Å². The van der Waals surface area contributed by atoms with Crippen LogP contribution in [-0.4, -0.2) is 37.0 Å². The molecule has 1 heterocycles. The number of nitrogens with one attached hydrogen (secondary N) is 1. The summed E-state index contributed by atoms with van der Waals surface area (Å²) in [6.45, 7) is 2.78. The molecule has 1 aliphatic rings. The molecule has 0 aliphatic carbocycles. The van der Waals surface area contributed by atoms with Crippen molar-refractivity contribution in [1.82, 2.24) is 4.31 Å². The minimum Gasteiger partial charge on any atom is -0.393 e. The molecular formula is C20H23Cl2FN2O3S. The number of hydrogen-bond donors (Lipinski definition) is 2. The zero-order valence-electron chi connectivity index (χ0n) is 15.9. The standard InChI is InChI=1S/C20H23Cl2FN2O3S/c1-2-14-12-25(8-7-19(14)26)29(27,28)20-9-13(3-5-16(20)21)11-24-15-4-6-18(23)17(22)10-15/h3-6,9-10,14,19,24,26H,2,7-8,11-12H2,1H3. The molecule has 2 N–H and O–H groups in total. The van der Waals surface area contributed by atoms with E-state index in [1.54, 1.807) is 24.3 Å². The van der Waals surface area contributed by atoms with Crippen LogP contribution >= 0.6 is 23.2 Å². The van der Waals surface area contributed by atoms with Crippen LogP contribution in [-0.2, 0) is 16.6 Å². The van der Waals surface area contributed by atoms with Crippen LogP contribution in [0.1, 0.15) is 25.3 Å². The number of piperidine rings is 1. The predicted octanol–water partition coefficient (Wildman–Crippen LogP) is 4.53. The number of sulfonamides is 1. The molecule has 0 spiro atoms. The number of halogens is 3. The topological polar surface area (TPSA) is 69.6 Å². The summed E-state index contributed by atoms with van der Waals surface area (Å²) in [6, 6.07) is 9.11. The third kappa shape index (κ3) is 5.03. The van der Waals surface area contributed by atoms with Gasteiger partial charge in [-0.1, -0.05) is 36.2 Å². The molecule has 5 nitrogen and oxygen atoms in total. The van der Waals surface area contributed by atoms with Crippen molar-refractivity contribution in [2.24, 2.45) is 5.92 Å². The molecule has 1 fully saturated rings. The van der Waals surface area contributed by atoms with Gasteiger partial charge in [-0.15, -0.1) is 0 Å². The summed E-state index contributed by atoms with van der Waals surface area (Å²) in [6.07, 6.45) is 0.618. The Balaban J connectivity index is 1.79. The highest BCUT2D eigenvalue weighted by Crippen LogP contribution is 2.30. The first-order valence-electron chi connectivity index (χ1n) is 9.38. The summed E-state index contributed by atoms with van der Waals surface area (Å²) >= 11 is 12.0. The van der Waals surface area contributed by atoms with Gasteiger partial charge in [-0.2, -0.15) is 4.31 Å². The minimum absolute atomic E-state index is 0.00661. The van der Waals surface area contributed by atoms with Gasteiger partial charge in [-0.25, -0.2) is 12.8 Å². The first kappa shape index (κ1) is 22.3. The van der Waals surface area contributed by atoms with Crippen LogP contribution in [0.2, 0.25) is 10.0 Å². The van der Waals surface area contributed by atoms with E-state index in [4.69, 9.17) is 23.2 Å². The van der Waals surface area contributed by atoms with Crippen molar-refractivity contribution >= 4 is 38.9 Å². The lowest BCUT2D eigenvalue weighted by molar-refractivity contribution is 0.0521. The summed E-state index contributed by atoms with van der Waals surface area (Å²) in [7, 11) is -3.79. The maximum absolute atomic E-state index is 13.3. The number of benzene rings is 2. The third-order valence-electron chi connectivity index (χ3n) is 5.21. The molecule has 0 bridgehead atoms. The Morgan fingerprint density at radius 1 is 1.21 bits per heavy atom. The summed E-state index contributed by atoms with van der Waals surface area (Å²) in [5, 5.41) is 13.3. The molecule has 158 valence electrons. The van der Waals surface area contributed by atoms with Gasteiger partial charge in [-0.3, -0.25) is 0 Å². The van der Waals surface area contributed by atoms with Crippen LogP contribution in [0.3, 0.4) is 0 Å². The van der Waals surface area contributed by atoms with Crippen LogP contribution in [0.4, 0.5) is 10.1 Å². The second kappa shape index (κ2) is 9.18. The van der Waals surface area contributed by atoms with Gasteiger partial charge < -0.3 is 10.4 Å². The normalized spacial score (nSPS) is 20.6. The Hall–Kier alpha value is -1.38. The maximum Gasteiger partial charge on any atom is 0.244 e. The Bertz CT molecular complexity index is 988. The van der Waals surface area contributed by atoms with E-state index in [2.05, 4.69) is 5.32 Å². The molecule has 0 radical (unpaired) electrons. The fourth-order valence-corrected chi connectivity index (χ4v) is 5.63. The van der Waals surface area contributed by atoms with E-state index in [0.29, 0.717) is 30.6 Å². The highest BCUT2D eigenvalue weighted by Gasteiger charge is 2.35. The molecule has 1 saturated heterocycles. The largest absolute Gasteiger partial charge is 0.393 e. The molecule has 0 aromatic heterocycles. The lowest BCUT2D eigenvalue weighted by atomic mass is 9.94. The quantitative estimate of drug-likeness (QED) is 0.664. The molecule has 29 heavy (non-hydrogen) atoms. The van der Waals surface area contributed by atoms with Crippen molar-refractivity contribution in [2.75, 3.05) is 18.4 Å². The number of rotatable bonds is 6. The predicted molar refractivity (Wildman–Crippen MR) is 113 cm³/mol. The van der Waals surface area contributed by atoms with Gasteiger partial charge in [0.1, 0.15) is 10.7 Å². The maximum atomic E-state index is 13.3. The van der Waals surface area contributed by atoms with Crippen LogP contribution in [0.5, 0.6) is 0 Å². The minimum atomic E-state index is -3.79. The highest BCUT2D eigenvalue weighted by atomic mass is 35.5. The summed E-state index contributed by atoms with van der Waals surface area (Å²) in [5.41, 5.74) is 1.32. The van der Waals surface area contributed by atoms with Gasteiger partial charge in [0.2, 0.25) is 10.0 Å². The fraction of sp³-hybridized carbons (Fsp3) is 0.400. The number of aliphatic hydroxyl groups is 1. The first-order chi connectivity index (χ1) is 13.7. The zero-order chi connectivity index (χ0) is 21.2. The first-order valence-corrected chi connectivity index (χ1v) is 11.6. The summed E-state index contributed by atoms with van der Waals surface area (Å²) in [4.78, 5) is 0.0434. The van der Waals surface area contributed by atoms with E-state index in [9.17, 15) is 17.9 Å². The Morgan fingerprint density at radius 3 is 2.66 bits per heavy atom. The molecule has 0 saturated carbocycles. The van der Waals surface area contributed by atoms with E-state index in [1.165, 1.54) is 16.4 Å². The Labute approximate surface area is 180 Å². The van der Waals surface area contributed by atoms with E-state index in [1.807, 2.05) is 6.92 Å². The van der Waals surface area contributed by atoms with Crippen molar-refractivity contribution in [3.05, 3.63) is 57.8 Å². The van der Waals surface area contributed by atoms with Gasteiger partial charge >= 0.3 is 0 Å². The number of aliphatic hydroxyl groups excluding tert-OH is 1. The molecule has 2 aromatic rings. The van der Waals surface area contributed by atoms with Crippen LogP contribution in [0.15, 0.2) is 41.3 Å². The fourth-order valence-electron chi connectivity index (χ4n) is 3.41. The number of nitrogens with zero attached hydrogens (tertiary/aromatic N) is 1. The van der Waals surface area contributed by atoms with Crippen molar-refractivity contribution in [3.8, 4) is 0 Å². The van der Waals surface area contributed by atoms with E-state index < -0.39 is 21.9 Å². The average Bonchev–Trinajstić information content (AvgIpc) is 2.70. The number of hydrogen-bond acceptors (Lipinski definition) is 4. The van der Waals surface area contributed by atoms with E-state index >= 15 is 0 Å². The van der Waals surface area contributed by atoms with Gasteiger partial charge in [0, 0.05) is 25.3 Å². The van der Waals surface area contributed by atoms with Gasteiger partial charge in [0.15, 0.2) is 0 Å². The van der Waals surface area contributed by atoms with Crippen LogP contribution < -0.4 is 5.32 Å². The van der Waals surface area contributed by atoms with Gasteiger partial charge in [0.25, 0.3) is 0 Å². The molecule has 0 amide bonds. The second-order valence-electron chi connectivity index (χ2n) is 7.13. The van der Waals surface area contributed by atoms with Crippen LogP contribution in [0.25, 0.3) is 0 Å². The molecule has 2 atom stereocenters. The van der Waals surface area contributed by atoms with Crippen molar-refractivity contribution in [3.63, 3.8) is 0 Å². The lowest BCUT2D eigenvalue weighted by Crippen LogP contribution is -2.45. The smallest absolute Gasteiger partial charge is 0.244 e. The molecule has 2 aromatic carbocycles. The second-order valence-corrected chi connectivity index (χ2v) is 9.86. The molecular weight excluding hydrogens is 438 g/mol. The van der Waals surface area contributed by atoms with Gasteiger partial charge in [-0.05, 0) is 54.7 Å². The van der Waals surface area contributed by atoms with E-state index in [0.717, 1.165) is 0 Å². The third-order valence-corrected chi connectivity index (χ3v) is 7.85. The molecule has 3 rings (SSSR count). The Kier molecular flexibility index (Phi) is 7.06. The monoisotopic (exact) mass is 460 g/mol. The van der Waals surface area contributed by atoms with Gasteiger partial charge in [0.05, 0.1) is 16.1 Å². The molecule has 1 aliphatic heterocycles. The van der Waals surface area contributed by atoms with Crippen molar-refractivity contribution in [1.29, 1.82) is 0 Å². The Morgan fingerprint density at radius 2 is 1.97 bits per heavy atom. The van der Waals surface area contributed by atoms with Crippen molar-refractivity contribution < 1.29 is 17.9 Å². The summed E-state index contributed by atoms with van der Waals surface area (Å²) in [5.74, 6) is -0.598. The average molecular weight is 461 g/mol.